The maximum Gasteiger partial charge on any atom is 0.381 e. The standard InChI is InChI=1S/C5H9F2O/c1-4(2)3-5(6,7)8/h4H,3H2,1-2H3. The Balaban J connectivity index is 3.39. The Hall–Kier alpha value is -0.180. The molecule has 0 bridgehead atoms. The van der Waals surface area contributed by atoms with E-state index in [-0.39, 0.29) is 5.92 Å². The molecule has 8 heavy (non-hydrogen) atoms. The van der Waals surface area contributed by atoms with Gasteiger partial charge in [0.1, 0.15) is 0 Å². The third-order valence-electron chi connectivity index (χ3n) is 0.646. The second-order valence-corrected chi connectivity index (χ2v) is 2.24. The number of hydrogen-bond acceptors (Lipinski definition) is 0. The fraction of sp³-hybridized carbons (Fsp3) is 1.00. The van der Waals surface area contributed by atoms with E-state index in [2.05, 4.69) is 0 Å². The van der Waals surface area contributed by atoms with Crippen LogP contribution in [0.1, 0.15) is 20.3 Å². The van der Waals surface area contributed by atoms with Crippen LogP contribution in [-0.4, -0.2) is 6.11 Å². The van der Waals surface area contributed by atoms with Crippen LogP contribution in [0.5, 0.6) is 0 Å². The van der Waals surface area contributed by atoms with Crippen LogP contribution in [0.2, 0.25) is 0 Å². The molecule has 0 aliphatic carbocycles. The molecular weight excluding hydrogens is 114 g/mol. The van der Waals surface area contributed by atoms with Gasteiger partial charge in [-0.15, -0.1) is 0 Å². The van der Waals surface area contributed by atoms with Crippen molar-refractivity contribution in [3.05, 3.63) is 0 Å². The first-order valence-electron chi connectivity index (χ1n) is 2.50. The van der Waals surface area contributed by atoms with Crippen LogP contribution in [0.4, 0.5) is 8.78 Å². The van der Waals surface area contributed by atoms with Gasteiger partial charge in [-0.25, -0.2) is 0 Å². The highest BCUT2D eigenvalue weighted by atomic mass is 19.3. The topological polar surface area (TPSA) is 19.9 Å². The average molecular weight is 123 g/mol. The van der Waals surface area contributed by atoms with Crippen molar-refractivity contribution in [1.82, 2.24) is 0 Å². The van der Waals surface area contributed by atoms with Crippen LogP contribution < -0.4 is 0 Å². The van der Waals surface area contributed by atoms with E-state index >= 15 is 0 Å². The average Bonchev–Trinajstić information content (AvgIpc) is 1.21. The molecule has 0 saturated carbocycles. The zero-order valence-electron chi connectivity index (χ0n) is 4.95. The predicted molar refractivity (Wildman–Crippen MR) is 25.1 cm³/mol. The smallest absolute Gasteiger partial charge is 0.173 e. The molecule has 0 unspecified atom stereocenters. The Morgan fingerprint density at radius 2 is 1.88 bits per heavy atom. The van der Waals surface area contributed by atoms with Crippen LogP contribution in [0.15, 0.2) is 0 Å². The quantitative estimate of drug-likeness (QED) is 0.535. The van der Waals surface area contributed by atoms with E-state index in [9.17, 15) is 13.9 Å². The summed E-state index contributed by atoms with van der Waals surface area (Å²) < 4.78 is 22.8. The first-order valence-corrected chi connectivity index (χ1v) is 2.50. The first kappa shape index (κ1) is 7.82. The van der Waals surface area contributed by atoms with Gasteiger partial charge in [-0.05, 0) is 5.92 Å². The van der Waals surface area contributed by atoms with Crippen molar-refractivity contribution in [1.29, 1.82) is 0 Å². The van der Waals surface area contributed by atoms with Crippen molar-refractivity contribution in [2.24, 2.45) is 5.92 Å². The molecule has 49 valence electrons. The predicted octanol–water partition coefficient (Wildman–Crippen LogP) is 2.06. The molecule has 0 fully saturated rings. The number of halogens is 2. The molecule has 0 aliphatic rings. The van der Waals surface area contributed by atoms with Crippen molar-refractivity contribution in [3.63, 3.8) is 0 Å². The molecule has 0 aliphatic heterocycles. The summed E-state index contributed by atoms with van der Waals surface area (Å²) in [5.41, 5.74) is 0. The molecule has 3 heteroatoms. The van der Waals surface area contributed by atoms with Gasteiger partial charge in [0, 0.05) is 6.42 Å². The summed E-state index contributed by atoms with van der Waals surface area (Å²) in [5, 5.41) is 9.58. The van der Waals surface area contributed by atoms with E-state index in [1.165, 1.54) is 0 Å². The molecule has 0 N–H and O–H groups in total. The summed E-state index contributed by atoms with van der Waals surface area (Å²) >= 11 is 0. The van der Waals surface area contributed by atoms with Gasteiger partial charge in [0.15, 0.2) is 0 Å². The van der Waals surface area contributed by atoms with E-state index in [1.54, 1.807) is 13.8 Å². The van der Waals surface area contributed by atoms with Gasteiger partial charge in [-0.2, -0.15) is 13.9 Å². The van der Waals surface area contributed by atoms with Crippen molar-refractivity contribution in [2.75, 3.05) is 0 Å². The van der Waals surface area contributed by atoms with Gasteiger partial charge >= 0.3 is 6.11 Å². The molecule has 0 rings (SSSR count). The van der Waals surface area contributed by atoms with Gasteiger partial charge < -0.3 is 0 Å². The Morgan fingerprint density at radius 3 is 1.88 bits per heavy atom. The van der Waals surface area contributed by atoms with Crippen molar-refractivity contribution >= 4 is 0 Å². The zero-order chi connectivity index (χ0) is 6.78. The summed E-state index contributed by atoms with van der Waals surface area (Å²) in [7, 11) is 0. The monoisotopic (exact) mass is 123 g/mol. The fourth-order valence-electron chi connectivity index (χ4n) is 0.475. The minimum atomic E-state index is -3.73. The molecule has 0 aromatic heterocycles. The molecule has 0 spiro atoms. The molecule has 0 amide bonds. The van der Waals surface area contributed by atoms with Gasteiger partial charge in [-0.1, -0.05) is 13.8 Å². The highest BCUT2D eigenvalue weighted by Crippen LogP contribution is 2.19. The van der Waals surface area contributed by atoms with Crippen LogP contribution in [-0.2, 0) is 5.11 Å². The minimum Gasteiger partial charge on any atom is -0.173 e. The summed E-state index contributed by atoms with van der Waals surface area (Å²) in [6.07, 6.45) is -4.29. The SMILES string of the molecule is CC(C)CC([O])(F)F. The lowest BCUT2D eigenvalue weighted by Gasteiger charge is -2.07. The summed E-state index contributed by atoms with van der Waals surface area (Å²) in [4.78, 5) is 0. The van der Waals surface area contributed by atoms with Gasteiger partial charge in [0.25, 0.3) is 0 Å². The van der Waals surface area contributed by atoms with Gasteiger partial charge in [0.05, 0.1) is 0 Å². The summed E-state index contributed by atoms with van der Waals surface area (Å²) in [6, 6.07) is 0. The molecule has 0 heterocycles. The maximum absolute atomic E-state index is 11.4. The largest absolute Gasteiger partial charge is 0.381 e. The van der Waals surface area contributed by atoms with E-state index in [1.807, 2.05) is 0 Å². The van der Waals surface area contributed by atoms with Gasteiger partial charge in [-0.3, -0.25) is 0 Å². The fourth-order valence-corrected chi connectivity index (χ4v) is 0.475. The Labute approximate surface area is 47.3 Å². The van der Waals surface area contributed by atoms with E-state index < -0.39 is 12.5 Å². The lowest BCUT2D eigenvalue weighted by Crippen LogP contribution is -2.14. The molecule has 0 atom stereocenters. The number of rotatable bonds is 2. The Bertz CT molecular complexity index is 65.3. The number of hydrogen-bond donors (Lipinski definition) is 0. The first-order chi connectivity index (χ1) is 3.42. The normalized spacial score (nSPS) is 12.8. The third-order valence-corrected chi connectivity index (χ3v) is 0.646. The zero-order valence-corrected chi connectivity index (χ0v) is 4.95. The molecular formula is C5H9F2O. The maximum atomic E-state index is 11.4. The van der Waals surface area contributed by atoms with Crippen molar-refractivity contribution in [2.45, 2.75) is 26.4 Å². The van der Waals surface area contributed by atoms with Crippen molar-refractivity contribution in [3.8, 4) is 0 Å². The molecule has 0 saturated heterocycles. The minimum absolute atomic E-state index is 0.220. The molecule has 1 radical (unpaired) electrons. The third kappa shape index (κ3) is 5.82. The lowest BCUT2D eigenvalue weighted by atomic mass is 10.1. The summed E-state index contributed by atoms with van der Waals surface area (Å²) in [6.45, 7) is 3.18. The highest BCUT2D eigenvalue weighted by Gasteiger charge is 2.27. The lowest BCUT2D eigenvalue weighted by molar-refractivity contribution is -0.250. The second kappa shape index (κ2) is 2.40. The van der Waals surface area contributed by atoms with Crippen LogP contribution in [0.3, 0.4) is 0 Å². The van der Waals surface area contributed by atoms with Crippen LogP contribution in [0.25, 0.3) is 0 Å². The Kier molecular flexibility index (Phi) is 2.34. The van der Waals surface area contributed by atoms with Crippen LogP contribution >= 0.6 is 0 Å². The molecule has 0 aromatic rings. The second-order valence-electron chi connectivity index (χ2n) is 2.24. The van der Waals surface area contributed by atoms with E-state index in [4.69, 9.17) is 0 Å². The van der Waals surface area contributed by atoms with Crippen LogP contribution in [0, 0.1) is 5.92 Å². The van der Waals surface area contributed by atoms with E-state index in [0.29, 0.717) is 0 Å². The molecule has 0 aromatic carbocycles. The molecule has 1 nitrogen and oxygen atoms in total. The van der Waals surface area contributed by atoms with Gasteiger partial charge in [0.2, 0.25) is 0 Å². The summed E-state index contributed by atoms with van der Waals surface area (Å²) in [5.74, 6) is -0.220. The Morgan fingerprint density at radius 1 is 1.50 bits per heavy atom. The van der Waals surface area contributed by atoms with E-state index in [0.717, 1.165) is 0 Å². The van der Waals surface area contributed by atoms with Crippen molar-refractivity contribution < 1.29 is 13.9 Å². The number of alkyl halides is 2. The highest BCUT2D eigenvalue weighted by molar-refractivity contribution is 4.51.